The number of aliphatic hydroxyl groups is 1. The number of halogens is 3. The maximum Gasteiger partial charge on any atom is 0.246 e. The van der Waals surface area contributed by atoms with Gasteiger partial charge in [-0.2, -0.15) is 0 Å². The normalized spacial score (nSPS) is 20.4. The molecule has 2 aliphatic rings. The summed E-state index contributed by atoms with van der Waals surface area (Å²) in [6, 6.07) is 6.69. The highest BCUT2D eigenvalue weighted by Crippen LogP contribution is 2.41. The zero-order valence-electron chi connectivity index (χ0n) is 20.5. The molecule has 3 atom stereocenters. The van der Waals surface area contributed by atoms with Gasteiger partial charge in [-0.15, -0.1) is 0 Å². The topological polar surface area (TPSA) is 96.8 Å². The molecule has 2 fully saturated rings. The fraction of sp³-hybridized carbons (Fsp3) is 0.370. The van der Waals surface area contributed by atoms with E-state index in [-0.39, 0.29) is 46.4 Å². The summed E-state index contributed by atoms with van der Waals surface area (Å²) in [6.45, 7) is 3.92. The van der Waals surface area contributed by atoms with Gasteiger partial charge in [0.2, 0.25) is 5.91 Å². The first-order chi connectivity index (χ1) is 18.4. The Morgan fingerprint density at radius 1 is 1.21 bits per heavy atom. The monoisotopic (exact) mass is 560 g/mol. The number of fused-ring (bicyclic) bond motifs is 3. The summed E-state index contributed by atoms with van der Waals surface area (Å²) in [6.07, 6.45) is 6.29. The smallest absolute Gasteiger partial charge is 0.246 e. The van der Waals surface area contributed by atoms with Gasteiger partial charge < -0.3 is 24.8 Å². The number of aliphatic hydroxyl groups excluding tert-OH is 1. The standard InChI is InChI=1S/C27H27Cl2FN4O4/c1-2-24(36)34-15-4-5-16(34)11-17(10-15)38-23-12-18-21(13-22(23)37-9-3-8-35)31-14-32-27(18)33-20-7-6-19(28)25(29)26(20)30/h2,6-7,12-17,35H,1,3-5,8-11H2,(H,31,32,33)/t15-,16+,17-. The number of rotatable bonds is 9. The summed E-state index contributed by atoms with van der Waals surface area (Å²) < 4.78 is 27.2. The van der Waals surface area contributed by atoms with E-state index in [1.165, 1.54) is 24.5 Å². The summed E-state index contributed by atoms with van der Waals surface area (Å²) in [5.41, 5.74) is 0.668. The van der Waals surface area contributed by atoms with E-state index < -0.39 is 5.82 Å². The van der Waals surface area contributed by atoms with Crippen molar-refractivity contribution in [1.29, 1.82) is 0 Å². The van der Waals surface area contributed by atoms with Crippen LogP contribution in [0.2, 0.25) is 10.0 Å². The van der Waals surface area contributed by atoms with Crippen LogP contribution in [0.5, 0.6) is 11.5 Å². The molecule has 3 heterocycles. The third-order valence-corrected chi connectivity index (χ3v) is 7.74. The van der Waals surface area contributed by atoms with Crippen molar-refractivity contribution < 1.29 is 23.8 Å². The SMILES string of the molecule is C=CC(=O)N1[C@@H]2CC[C@H]1C[C@H](Oc1cc3c(Nc4ccc(Cl)c(Cl)c4F)ncnc3cc1OCCCO)C2. The minimum absolute atomic E-state index is 0.00558. The first kappa shape index (κ1) is 26.5. The third kappa shape index (κ3) is 5.23. The van der Waals surface area contributed by atoms with E-state index in [4.69, 9.17) is 32.7 Å². The van der Waals surface area contributed by atoms with Gasteiger partial charge in [0.25, 0.3) is 0 Å². The molecule has 1 amide bonds. The van der Waals surface area contributed by atoms with Crippen LogP contribution in [-0.4, -0.2) is 57.3 Å². The number of nitrogens with one attached hydrogen (secondary N) is 1. The number of hydrogen-bond donors (Lipinski definition) is 2. The highest BCUT2D eigenvalue weighted by molar-refractivity contribution is 6.42. The van der Waals surface area contributed by atoms with Crippen LogP contribution in [0, 0.1) is 5.82 Å². The maximum atomic E-state index is 14.7. The molecular formula is C27H27Cl2FN4O4. The molecule has 11 heteroatoms. The van der Waals surface area contributed by atoms with Crippen molar-refractivity contribution in [3.8, 4) is 11.5 Å². The number of amides is 1. The molecule has 0 radical (unpaired) electrons. The second-order valence-corrected chi connectivity index (χ2v) is 10.1. The Kier molecular flexibility index (Phi) is 7.88. The molecule has 38 heavy (non-hydrogen) atoms. The quantitative estimate of drug-likeness (QED) is 0.198. The Hall–Kier alpha value is -3.14. The van der Waals surface area contributed by atoms with E-state index in [1.54, 1.807) is 12.1 Å². The second kappa shape index (κ2) is 11.3. The predicted molar refractivity (Wildman–Crippen MR) is 144 cm³/mol. The van der Waals surface area contributed by atoms with Crippen LogP contribution >= 0.6 is 23.2 Å². The van der Waals surface area contributed by atoms with Gasteiger partial charge >= 0.3 is 0 Å². The van der Waals surface area contributed by atoms with Crippen LogP contribution in [0.15, 0.2) is 43.2 Å². The lowest BCUT2D eigenvalue weighted by molar-refractivity contribution is -0.131. The molecule has 2 aliphatic heterocycles. The largest absolute Gasteiger partial charge is 0.490 e. The van der Waals surface area contributed by atoms with Crippen molar-refractivity contribution in [3.05, 3.63) is 59.1 Å². The van der Waals surface area contributed by atoms with Crippen molar-refractivity contribution in [2.24, 2.45) is 0 Å². The van der Waals surface area contributed by atoms with Gasteiger partial charge in [0.15, 0.2) is 17.3 Å². The molecule has 0 spiro atoms. The van der Waals surface area contributed by atoms with Crippen molar-refractivity contribution in [3.63, 3.8) is 0 Å². The Bertz CT molecular complexity index is 1360. The zero-order valence-corrected chi connectivity index (χ0v) is 22.0. The van der Waals surface area contributed by atoms with E-state index in [1.807, 2.05) is 4.90 Å². The van der Waals surface area contributed by atoms with Crippen LogP contribution in [-0.2, 0) is 4.79 Å². The van der Waals surface area contributed by atoms with Crippen LogP contribution in [0.4, 0.5) is 15.9 Å². The molecule has 2 N–H and O–H groups in total. The van der Waals surface area contributed by atoms with Crippen molar-refractivity contribution >= 4 is 51.5 Å². The lowest BCUT2D eigenvalue weighted by Gasteiger charge is -2.38. The van der Waals surface area contributed by atoms with Crippen molar-refractivity contribution in [2.75, 3.05) is 18.5 Å². The number of aromatic nitrogens is 2. The molecule has 1 aromatic heterocycles. The summed E-state index contributed by atoms with van der Waals surface area (Å²) >= 11 is 11.9. The fourth-order valence-corrected chi connectivity index (χ4v) is 5.54. The highest BCUT2D eigenvalue weighted by Gasteiger charge is 2.43. The van der Waals surface area contributed by atoms with Crippen LogP contribution in [0.1, 0.15) is 32.1 Å². The van der Waals surface area contributed by atoms with Gasteiger partial charge in [-0.25, -0.2) is 14.4 Å². The summed E-state index contributed by atoms with van der Waals surface area (Å²) in [5.74, 6) is 0.578. The molecule has 2 aromatic carbocycles. The number of nitrogens with zero attached hydrogens (tertiary/aromatic N) is 3. The van der Waals surface area contributed by atoms with Gasteiger partial charge in [-0.3, -0.25) is 4.79 Å². The zero-order chi connectivity index (χ0) is 26.8. The number of piperidine rings is 1. The molecule has 3 aromatic rings. The maximum absolute atomic E-state index is 14.7. The van der Waals surface area contributed by atoms with E-state index in [0.717, 1.165) is 12.8 Å². The van der Waals surface area contributed by atoms with Crippen molar-refractivity contribution in [1.82, 2.24) is 14.9 Å². The van der Waals surface area contributed by atoms with Gasteiger partial charge in [-0.05, 0) is 37.1 Å². The van der Waals surface area contributed by atoms with E-state index in [2.05, 4.69) is 21.9 Å². The summed E-state index contributed by atoms with van der Waals surface area (Å²) in [4.78, 5) is 22.9. The van der Waals surface area contributed by atoms with E-state index in [0.29, 0.717) is 54.1 Å². The molecule has 200 valence electrons. The van der Waals surface area contributed by atoms with Gasteiger partial charge in [0.1, 0.15) is 18.2 Å². The third-order valence-electron chi connectivity index (χ3n) is 6.96. The Balaban J connectivity index is 1.47. The molecule has 0 unspecified atom stereocenters. The molecular weight excluding hydrogens is 534 g/mol. The van der Waals surface area contributed by atoms with Crippen LogP contribution < -0.4 is 14.8 Å². The highest BCUT2D eigenvalue weighted by atomic mass is 35.5. The number of carbonyl (C=O) groups excluding carboxylic acids is 1. The lowest BCUT2D eigenvalue weighted by Crippen LogP contribution is -2.48. The Labute approximate surface area is 229 Å². The first-order valence-corrected chi connectivity index (χ1v) is 13.2. The first-order valence-electron chi connectivity index (χ1n) is 12.4. The van der Waals surface area contributed by atoms with Crippen LogP contribution in [0.25, 0.3) is 10.9 Å². The van der Waals surface area contributed by atoms with Gasteiger partial charge in [0, 0.05) is 49.4 Å². The molecule has 2 bridgehead atoms. The van der Waals surface area contributed by atoms with Gasteiger partial charge in [-0.1, -0.05) is 29.8 Å². The number of hydrogen-bond acceptors (Lipinski definition) is 7. The van der Waals surface area contributed by atoms with E-state index in [9.17, 15) is 14.3 Å². The Morgan fingerprint density at radius 3 is 2.68 bits per heavy atom. The number of benzene rings is 2. The van der Waals surface area contributed by atoms with Crippen molar-refractivity contribution in [2.45, 2.75) is 50.3 Å². The molecule has 0 saturated carbocycles. The van der Waals surface area contributed by atoms with E-state index >= 15 is 0 Å². The van der Waals surface area contributed by atoms with Crippen LogP contribution in [0.3, 0.4) is 0 Å². The minimum Gasteiger partial charge on any atom is -0.490 e. The van der Waals surface area contributed by atoms with Gasteiger partial charge in [0.05, 0.1) is 27.9 Å². The summed E-state index contributed by atoms with van der Waals surface area (Å²) in [5, 5.41) is 12.7. The number of ether oxygens (including phenoxy) is 2. The average molecular weight is 561 g/mol. The number of anilines is 2. The minimum atomic E-state index is -0.692. The second-order valence-electron chi connectivity index (χ2n) is 9.36. The molecule has 0 aliphatic carbocycles. The average Bonchev–Trinajstić information content (AvgIpc) is 3.19. The fourth-order valence-electron chi connectivity index (χ4n) is 5.23. The molecule has 2 saturated heterocycles. The molecule has 5 rings (SSSR count). The predicted octanol–water partition coefficient (Wildman–Crippen LogP) is 5.67. The molecule has 8 nitrogen and oxygen atoms in total. The Morgan fingerprint density at radius 2 is 1.97 bits per heavy atom. The number of carbonyl (C=O) groups is 1. The lowest BCUT2D eigenvalue weighted by atomic mass is 9.99. The summed E-state index contributed by atoms with van der Waals surface area (Å²) in [7, 11) is 0.